The van der Waals surface area contributed by atoms with Gasteiger partial charge in [-0.25, -0.2) is 17.2 Å². The molecule has 2 atom stereocenters. The topological polar surface area (TPSA) is 60.9 Å². The number of hydrogen-bond donors (Lipinski definition) is 1. The molecule has 0 saturated carbocycles. The Bertz CT molecular complexity index is 1490. The van der Waals surface area contributed by atoms with E-state index in [1.165, 1.54) is 0 Å². The number of benzene rings is 3. The number of aliphatic hydroxyl groups excluding tert-OH is 1. The number of halogens is 3. The number of hydrogen-bond acceptors (Lipinski definition) is 5. The molecule has 2 heterocycles. The van der Waals surface area contributed by atoms with Gasteiger partial charge in [0, 0.05) is 36.1 Å². The summed E-state index contributed by atoms with van der Waals surface area (Å²) in [5.74, 6) is -1.69. The first kappa shape index (κ1) is 27.8. The van der Waals surface area contributed by atoms with Crippen LogP contribution in [0.1, 0.15) is 46.7 Å². The maximum absolute atomic E-state index is 14.3. The van der Waals surface area contributed by atoms with Crippen molar-refractivity contribution < 1.29 is 22.3 Å². The van der Waals surface area contributed by atoms with Gasteiger partial charge in [-0.2, -0.15) is 0 Å². The second-order valence-electron chi connectivity index (χ2n) is 10.5. The number of rotatable bonds is 8. The van der Waals surface area contributed by atoms with Gasteiger partial charge in [0.1, 0.15) is 11.6 Å². The van der Waals surface area contributed by atoms with E-state index in [-0.39, 0.29) is 24.4 Å². The molecular formula is C30H31ClF2N2O3S. The molecule has 0 bridgehead atoms. The lowest BCUT2D eigenvalue weighted by Crippen LogP contribution is -2.61. The van der Waals surface area contributed by atoms with Gasteiger partial charge in [0.2, 0.25) is 0 Å². The zero-order valence-corrected chi connectivity index (χ0v) is 23.3. The molecule has 39 heavy (non-hydrogen) atoms. The Morgan fingerprint density at radius 2 is 1.67 bits per heavy atom. The van der Waals surface area contributed by atoms with E-state index in [9.17, 15) is 22.3 Å². The van der Waals surface area contributed by atoms with E-state index >= 15 is 0 Å². The summed E-state index contributed by atoms with van der Waals surface area (Å²) < 4.78 is 53.4. The lowest BCUT2D eigenvalue weighted by molar-refractivity contribution is 0.156. The molecule has 2 aliphatic heterocycles. The number of likely N-dealkylation sites (tertiary alicyclic amines) is 2. The average Bonchev–Trinajstić information content (AvgIpc) is 3.38. The molecular weight excluding hydrogens is 542 g/mol. The minimum absolute atomic E-state index is 0.0199. The molecule has 0 aliphatic carbocycles. The van der Waals surface area contributed by atoms with Gasteiger partial charge in [-0.1, -0.05) is 48.5 Å². The van der Waals surface area contributed by atoms with E-state index in [2.05, 4.69) is 11.5 Å². The highest BCUT2D eigenvalue weighted by molar-refractivity contribution is 7.92. The summed E-state index contributed by atoms with van der Waals surface area (Å²) in [7, 11) is -3.88. The third-order valence-corrected chi connectivity index (χ3v) is 10.1. The highest BCUT2D eigenvalue weighted by Crippen LogP contribution is 2.53. The summed E-state index contributed by atoms with van der Waals surface area (Å²) in [6.45, 7) is 6.68. The molecule has 2 aliphatic rings. The molecule has 2 saturated heterocycles. The van der Waals surface area contributed by atoms with Gasteiger partial charge in [-0.15, -0.1) is 0 Å². The standard InChI is InChI=1S/C30H31ClF2N2O3S/c1-20-30(39(2,37)38,24-14-26(32)16-27(33)15-24)19-35(20)29(22-6-8-25(31)9-7-22)28-10-5-21(18-36)13-23(28)17-34-11-3-4-12-34/h5-10,13-16,29,36H,1,3-4,11-12,17-19H2,2H3/t29-,30?/m1/s1. The van der Waals surface area contributed by atoms with Crippen LogP contribution in [-0.4, -0.2) is 49.2 Å². The van der Waals surface area contributed by atoms with Gasteiger partial charge in [0.15, 0.2) is 14.6 Å². The fourth-order valence-corrected chi connectivity index (χ4v) is 7.51. The Kier molecular flexibility index (Phi) is 7.59. The van der Waals surface area contributed by atoms with Crippen molar-refractivity contribution in [2.24, 2.45) is 0 Å². The monoisotopic (exact) mass is 572 g/mol. The molecule has 0 aromatic heterocycles. The van der Waals surface area contributed by atoms with E-state index in [4.69, 9.17) is 11.6 Å². The molecule has 1 unspecified atom stereocenters. The largest absolute Gasteiger partial charge is 0.392 e. The summed E-state index contributed by atoms with van der Waals surface area (Å²) in [5, 5.41) is 10.4. The Balaban J connectivity index is 1.63. The first-order chi connectivity index (χ1) is 18.5. The molecule has 0 spiro atoms. The molecule has 9 heteroatoms. The third kappa shape index (κ3) is 5.11. The van der Waals surface area contributed by atoms with Gasteiger partial charge in [0.05, 0.1) is 12.6 Å². The van der Waals surface area contributed by atoms with E-state index < -0.39 is 32.3 Å². The van der Waals surface area contributed by atoms with E-state index in [1.807, 2.05) is 35.2 Å². The van der Waals surface area contributed by atoms with Gasteiger partial charge in [0.25, 0.3) is 0 Å². The van der Waals surface area contributed by atoms with Crippen molar-refractivity contribution in [3.63, 3.8) is 0 Å². The second-order valence-corrected chi connectivity index (χ2v) is 13.1. The molecule has 206 valence electrons. The molecule has 0 radical (unpaired) electrons. The Morgan fingerprint density at radius 1 is 1.03 bits per heavy atom. The van der Waals surface area contributed by atoms with Crippen molar-refractivity contribution in [1.29, 1.82) is 0 Å². The van der Waals surface area contributed by atoms with Crippen LogP contribution in [0.5, 0.6) is 0 Å². The van der Waals surface area contributed by atoms with Crippen molar-refractivity contribution in [2.75, 3.05) is 25.9 Å². The zero-order valence-electron chi connectivity index (χ0n) is 21.7. The number of nitrogens with zero attached hydrogens (tertiary/aromatic N) is 2. The Morgan fingerprint density at radius 3 is 2.23 bits per heavy atom. The predicted octanol–water partition coefficient (Wildman–Crippen LogP) is 5.57. The number of sulfone groups is 1. The minimum atomic E-state index is -3.88. The van der Waals surface area contributed by atoms with Gasteiger partial charge in [-0.05, 0) is 78.0 Å². The van der Waals surface area contributed by atoms with Crippen LogP contribution in [0.25, 0.3) is 0 Å². The highest BCUT2D eigenvalue weighted by Gasteiger charge is 2.58. The lowest BCUT2D eigenvalue weighted by atomic mass is 9.81. The van der Waals surface area contributed by atoms with Gasteiger partial charge in [-0.3, -0.25) is 4.90 Å². The maximum atomic E-state index is 14.3. The van der Waals surface area contributed by atoms with Crippen LogP contribution in [0.2, 0.25) is 5.02 Å². The zero-order chi connectivity index (χ0) is 27.9. The van der Waals surface area contributed by atoms with Crippen molar-refractivity contribution in [1.82, 2.24) is 9.80 Å². The first-order valence-corrected chi connectivity index (χ1v) is 15.1. The normalized spacial score (nSPS) is 20.7. The van der Waals surface area contributed by atoms with Crippen LogP contribution in [0.3, 0.4) is 0 Å². The van der Waals surface area contributed by atoms with Crippen LogP contribution < -0.4 is 0 Å². The fourth-order valence-electron chi connectivity index (χ4n) is 5.92. The smallest absolute Gasteiger partial charge is 0.164 e. The highest BCUT2D eigenvalue weighted by atomic mass is 35.5. The molecule has 2 fully saturated rings. The van der Waals surface area contributed by atoms with Gasteiger partial charge < -0.3 is 10.0 Å². The molecule has 0 amide bonds. The Labute approximate surface area is 233 Å². The summed E-state index contributed by atoms with van der Waals surface area (Å²) >= 11 is 6.20. The Hall–Kier alpha value is -2.78. The summed E-state index contributed by atoms with van der Waals surface area (Å²) in [5.41, 5.74) is 3.87. The third-order valence-electron chi connectivity index (χ3n) is 7.94. The SMILES string of the molecule is C=C1N([C@H](c2ccc(Cl)cc2)c2ccc(CO)cc2CN2CCCC2)CC1(c1cc(F)cc(F)c1)S(C)(=O)=O. The van der Waals surface area contributed by atoms with E-state index in [1.54, 1.807) is 12.1 Å². The van der Waals surface area contributed by atoms with Crippen LogP contribution in [0.15, 0.2) is 72.9 Å². The fraction of sp³-hybridized carbons (Fsp3) is 0.333. The van der Waals surface area contributed by atoms with Crippen LogP contribution in [-0.2, 0) is 27.7 Å². The number of aliphatic hydroxyl groups is 1. The second kappa shape index (κ2) is 10.7. The minimum Gasteiger partial charge on any atom is -0.392 e. The maximum Gasteiger partial charge on any atom is 0.164 e. The molecule has 5 nitrogen and oxygen atoms in total. The average molecular weight is 573 g/mol. The van der Waals surface area contributed by atoms with Crippen LogP contribution in [0, 0.1) is 11.6 Å². The van der Waals surface area contributed by atoms with Crippen LogP contribution >= 0.6 is 11.6 Å². The molecule has 5 rings (SSSR count). The molecule has 1 N–H and O–H groups in total. The molecule has 3 aromatic carbocycles. The summed E-state index contributed by atoms with van der Waals surface area (Å²) in [6, 6.07) is 15.6. The van der Waals surface area contributed by atoms with Crippen molar-refractivity contribution in [3.8, 4) is 0 Å². The predicted molar refractivity (Wildman–Crippen MR) is 149 cm³/mol. The quantitative estimate of drug-likeness (QED) is 0.383. The van der Waals surface area contributed by atoms with Crippen molar-refractivity contribution >= 4 is 21.4 Å². The van der Waals surface area contributed by atoms with E-state index in [0.29, 0.717) is 11.6 Å². The van der Waals surface area contributed by atoms with E-state index in [0.717, 1.165) is 72.6 Å². The van der Waals surface area contributed by atoms with Crippen LogP contribution in [0.4, 0.5) is 8.78 Å². The lowest BCUT2D eigenvalue weighted by Gasteiger charge is -2.55. The van der Waals surface area contributed by atoms with Crippen molar-refractivity contribution in [2.45, 2.75) is 36.8 Å². The van der Waals surface area contributed by atoms with Crippen molar-refractivity contribution in [3.05, 3.63) is 117 Å². The first-order valence-electron chi connectivity index (χ1n) is 12.9. The summed E-state index contributed by atoms with van der Waals surface area (Å²) in [6.07, 6.45) is 3.32. The molecule has 3 aromatic rings. The summed E-state index contributed by atoms with van der Waals surface area (Å²) in [4.78, 5) is 4.24. The van der Waals surface area contributed by atoms with Gasteiger partial charge >= 0.3 is 0 Å².